The fourth-order valence-electron chi connectivity index (χ4n) is 8.09. The Morgan fingerprint density at radius 2 is 1.87 bits per heavy atom. The Balaban J connectivity index is 1.54. The van der Waals surface area contributed by atoms with Gasteiger partial charge in [-0.3, -0.25) is 0 Å². The zero-order chi connectivity index (χ0) is 21.6. The van der Waals surface area contributed by atoms with E-state index in [0.717, 1.165) is 56.9 Å². The molecule has 30 heavy (non-hydrogen) atoms. The van der Waals surface area contributed by atoms with E-state index in [1.165, 1.54) is 6.42 Å². The molecule has 0 heterocycles. The molecule has 0 bridgehead atoms. The number of aliphatic hydroxyl groups is 3. The number of allylic oxidation sites excluding steroid dienone is 2. The summed E-state index contributed by atoms with van der Waals surface area (Å²) in [7, 11) is 0. The third-order valence-corrected chi connectivity index (χ3v) is 9.87. The zero-order valence-corrected chi connectivity index (χ0v) is 19.0. The van der Waals surface area contributed by atoms with E-state index in [2.05, 4.69) is 25.1 Å². The van der Waals surface area contributed by atoms with Gasteiger partial charge in [-0.25, -0.2) is 0 Å². The highest BCUT2D eigenvalue weighted by atomic mass is 16.6. The minimum Gasteiger partial charge on any atom is -0.393 e. The Hall–Kier alpha value is -0.910. The lowest BCUT2D eigenvalue weighted by atomic mass is 9.43. The third kappa shape index (κ3) is 3.45. The van der Waals surface area contributed by atoms with E-state index in [0.29, 0.717) is 23.7 Å². The van der Waals surface area contributed by atoms with Crippen LogP contribution in [0, 0.1) is 34.5 Å². The van der Waals surface area contributed by atoms with Gasteiger partial charge in [-0.1, -0.05) is 25.1 Å². The molecule has 0 saturated heterocycles. The molecular weight excluding hydrogens is 378 g/mol. The predicted octanol–water partition coefficient (Wildman–Crippen LogP) is 4.06. The Bertz CT molecular complexity index is 693. The average Bonchev–Trinajstić information content (AvgIpc) is 2.97. The molecule has 0 spiro atoms. The molecule has 5 nitrogen and oxygen atoms in total. The summed E-state index contributed by atoms with van der Waals surface area (Å²) in [5.41, 5.74) is 0.653. The maximum absolute atomic E-state index is 12.2. The largest absolute Gasteiger partial charge is 0.393 e. The highest BCUT2D eigenvalue weighted by Crippen LogP contribution is 2.69. The molecule has 0 aromatic heterocycles. The van der Waals surface area contributed by atoms with Crippen LogP contribution >= 0.6 is 0 Å². The van der Waals surface area contributed by atoms with Gasteiger partial charge in [-0.05, 0) is 99.4 Å². The summed E-state index contributed by atoms with van der Waals surface area (Å²) in [6, 6.07) is 0. The first-order chi connectivity index (χ1) is 14.2. The van der Waals surface area contributed by atoms with Crippen LogP contribution in [0.1, 0.15) is 78.6 Å². The molecule has 5 heteroatoms. The van der Waals surface area contributed by atoms with Crippen molar-refractivity contribution in [2.24, 2.45) is 39.7 Å². The van der Waals surface area contributed by atoms with Crippen LogP contribution < -0.4 is 0 Å². The molecule has 0 radical (unpaired) electrons. The predicted molar refractivity (Wildman–Crippen MR) is 118 cm³/mol. The summed E-state index contributed by atoms with van der Waals surface area (Å²) >= 11 is 0. The number of hydrogen-bond donors (Lipinski definition) is 3. The van der Waals surface area contributed by atoms with Crippen LogP contribution in [0.4, 0.5) is 0 Å². The average molecular weight is 420 g/mol. The summed E-state index contributed by atoms with van der Waals surface area (Å²) < 4.78 is 0. The van der Waals surface area contributed by atoms with Crippen molar-refractivity contribution < 1.29 is 20.2 Å². The van der Waals surface area contributed by atoms with Crippen LogP contribution in [0.15, 0.2) is 16.8 Å². The molecule has 4 aliphatic rings. The molecule has 4 aliphatic carbocycles. The highest BCUT2D eigenvalue weighted by Gasteiger charge is 2.66. The standard InChI is InChI=1S/C25H41NO4/c1-17(16-26-30-13-12-27)14-19-6-11-25(29)22-5-4-18-15-20(28)7-9-23(18,2)21(22)8-10-24(19,25)3/h14,16,18-22,27-29H,4-13,15H2,1-3H3/b17-14+,26-16+/t18-,19-,20+,21+,22-,23+,24-,25+/m1/s1. The van der Waals surface area contributed by atoms with Gasteiger partial charge in [0.25, 0.3) is 0 Å². The maximum Gasteiger partial charge on any atom is 0.140 e. The van der Waals surface area contributed by atoms with E-state index in [4.69, 9.17) is 9.94 Å². The Kier molecular flexibility index (Phi) is 6.10. The van der Waals surface area contributed by atoms with E-state index >= 15 is 0 Å². The van der Waals surface area contributed by atoms with E-state index < -0.39 is 5.60 Å². The third-order valence-electron chi connectivity index (χ3n) is 9.87. The summed E-state index contributed by atoms with van der Waals surface area (Å²) in [5.74, 6) is 1.93. The second kappa shape index (κ2) is 8.22. The summed E-state index contributed by atoms with van der Waals surface area (Å²) in [4.78, 5) is 5.02. The fraction of sp³-hybridized carbons (Fsp3) is 0.880. The second-order valence-corrected chi connectivity index (χ2v) is 11.1. The van der Waals surface area contributed by atoms with E-state index in [1.54, 1.807) is 6.21 Å². The summed E-state index contributed by atoms with van der Waals surface area (Å²) in [6.07, 6.45) is 13.3. The van der Waals surface area contributed by atoms with E-state index in [1.807, 2.05) is 6.92 Å². The van der Waals surface area contributed by atoms with Crippen molar-refractivity contribution in [3.05, 3.63) is 11.6 Å². The van der Waals surface area contributed by atoms with Crippen molar-refractivity contribution in [1.29, 1.82) is 0 Å². The number of aliphatic hydroxyl groups excluding tert-OH is 2. The van der Waals surface area contributed by atoms with Gasteiger partial charge in [0.2, 0.25) is 0 Å². The lowest BCUT2D eigenvalue weighted by Crippen LogP contribution is -2.62. The van der Waals surface area contributed by atoms with Crippen molar-refractivity contribution in [2.75, 3.05) is 13.2 Å². The van der Waals surface area contributed by atoms with Crippen molar-refractivity contribution >= 4 is 6.21 Å². The molecular formula is C25H41NO4. The molecule has 4 saturated carbocycles. The van der Waals surface area contributed by atoms with Crippen molar-refractivity contribution in [1.82, 2.24) is 0 Å². The van der Waals surface area contributed by atoms with Crippen molar-refractivity contribution in [2.45, 2.75) is 90.3 Å². The Labute approximate surface area is 181 Å². The summed E-state index contributed by atoms with van der Waals surface area (Å²) in [5, 5.41) is 35.1. The highest BCUT2D eigenvalue weighted by molar-refractivity contribution is 5.77. The molecule has 4 fully saturated rings. The van der Waals surface area contributed by atoms with E-state index in [9.17, 15) is 10.2 Å². The normalized spacial score (nSPS) is 48.9. The van der Waals surface area contributed by atoms with Gasteiger partial charge in [-0.15, -0.1) is 0 Å². The van der Waals surface area contributed by atoms with Crippen molar-refractivity contribution in [3.63, 3.8) is 0 Å². The number of nitrogens with zero attached hydrogens (tertiary/aromatic N) is 1. The van der Waals surface area contributed by atoms with Crippen LogP contribution in [0.2, 0.25) is 0 Å². The molecule has 170 valence electrons. The van der Waals surface area contributed by atoms with Crippen LogP contribution in [0.3, 0.4) is 0 Å². The first kappa shape index (κ1) is 22.3. The van der Waals surface area contributed by atoms with Crippen molar-refractivity contribution in [3.8, 4) is 0 Å². The SMILES string of the molecule is CC(/C=N/OCCO)=C\[C@H]1CC[C@]2(O)[C@@H]3CC[C@@H]4C[C@@H](O)CC[C@]4(C)[C@H]3CC[C@]12C. The van der Waals surface area contributed by atoms with Gasteiger partial charge >= 0.3 is 0 Å². The smallest absolute Gasteiger partial charge is 0.140 e. The molecule has 4 rings (SSSR count). The second-order valence-electron chi connectivity index (χ2n) is 11.1. The van der Waals surface area contributed by atoms with Gasteiger partial charge in [0.1, 0.15) is 6.61 Å². The lowest BCUT2D eigenvalue weighted by molar-refractivity contribution is -0.207. The molecule has 0 amide bonds. The molecule has 0 aliphatic heterocycles. The molecule has 0 aromatic rings. The number of rotatable bonds is 5. The quantitative estimate of drug-likeness (QED) is 0.356. The number of fused-ring (bicyclic) bond motifs is 5. The zero-order valence-electron chi connectivity index (χ0n) is 19.0. The van der Waals surface area contributed by atoms with Crippen LogP contribution in [0.5, 0.6) is 0 Å². The maximum atomic E-state index is 12.2. The van der Waals surface area contributed by atoms with Crippen LogP contribution in [-0.2, 0) is 4.84 Å². The van der Waals surface area contributed by atoms with Gasteiger partial charge in [-0.2, -0.15) is 0 Å². The number of oxime groups is 1. The Morgan fingerprint density at radius 1 is 1.07 bits per heavy atom. The summed E-state index contributed by atoms with van der Waals surface area (Å²) in [6.45, 7) is 7.01. The lowest BCUT2D eigenvalue weighted by Gasteiger charge is -2.63. The minimum atomic E-state index is -0.591. The topological polar surface area (TPSA) is 82.3 Å². The first-order valence-electron chi connectivity index (χ1n) is 12.1. The fourth-order valence-corrected chi connectivity index (χ4v) is 8.09. The molecule has 8 atom stereocenters. The monoisotopic (exact) mass is 419 g/mol. The Morgan fingerprint density at radius 3 is 2.63 bits per heavy atom. The van der Waals surface area contributed by atoms with Crippen LogP contribution in [-0.4, -0.2) is 46.5 Å². The number of hydrogen-bond acceptors (Lipinski definition) is 5. The van der Waals surface area contributed by atoms with Gasteiger partial charge in [0, 0.05) is 5.41 Å². The van der Waals surface area contributed by atoms with E-state index in [-0.39, 0.29) is 30.1 Å². The van der Waals surface area contributed by atoms with Crippen LogP contribution in [0.25, 0.3) is 0 Å². The minimum absolute atomic E-state index is 0.0326. The molecule has 0 unspecified atom stereocenters. The first-order valence-corrected chi connectivity index (χ1v) is 12.1. The van der Waals surface area contributed by atoms with Gasteiger partial charge in [0.15, 0.2) is 0 Å². The van der Waals surface area contributed by atoms with Gasteiger partial charge in [0.05, 0.1) is 24.5 Å². The molecule has 3 N–H and O–H groups in total. The molecule has 0 aromatic carbocycles. The van der Waals surface area contributed by atoms with Gasteiger partial charge < -0.3 is 20.2 Å².